The highest BCUT2D eigenvalue weighted by molar-refractivity contribution is 5.75. The van der Waals surface area contributed by atoms with E-state index in [4.69, 9.17) is 0 Å². The zero-order chi connectivity index (χ0) is 58.2. The highest BCUT2D eigenvalue weighted by Gasteiger charge is 2.61. The van der Waals surface area contributed by atoms with Crippen molar-refractivity contribution < 1.29 is 4.79 Å². The first-order valence-electron chi connectivity index (χ1n) is 35.6. The average molecular weight is 1080 g/mol. The van der Waals surface area contributed by atoms with Gasteiger partial charge in [-0.25, -0.2) is 0 Å². The monoisotopic (exact) mass is 1080 g/mol. The second kappa shape index (κ2) is 50.7. The molecule has 0 spiro atoms. The first-order chi connectivity index (χ1) is 37.0. The lowest BCUT2D eigenvalue weighted by Crippen LogP contribution is -2.51. The molecule has 0 aromatic rings. The van der Waals surface area contributed by atoms with Crippen LogP contribution >= 0.6 is 0 Å². The van der Waals surface area contributed by atoms with Crippen molar-refractivity contribution in [2.75, 3.05) is 6.54 Å². The van der Waals surface area contributed by atoms with E-state index in [2.05, 4.69) is 121 Å². The summed E-state index contributed by atoms with van der Waals surface area (Å²) >= 11 is 0. The summed E-state index contributed by atoms with van der Waals surface area (Å²) in [4.78, 5) is 11.0. The van der Waals surface area contributed by atoms with Gasteiger partial charge in [-0.1, -0.05) is 322 Å². The van der Waals surface area contributed by atoms with Crippen molar-refractivity contribution in [1.82, 2.24) is 5.32 Å². The first kappa shape index (κ1) is 78.0. The van der Waals surface area contributed by atoms with E-state index in [-0.39, 0.29) is 5.78 Å². The van der Waals surface area contributed by atoms with Crippen LogP contribution in [0.3, 0.4) is 0 Å². The Morgan fingerprint density at radius 3 is 1.52 bits per heavy atom. The molecular formula is C75H149NO. The lowest BCUT2D eigenvalue weighted by atomic mass is 9.46. The van der Waals surface area contributed by atoms with Crippen LogP contribution in [0.4, 0.5) is 0 Å². The molecule has 77 heavy (non-hydrogen) atoms. The van der Waals surface area contributed by atoms with Gasteiger partial charge in [-0.05, 0) is 135 Å². The van der Waals surface area contributed by atoms with Crippen LogP contribution in [0.2, 0.25) is 0 Å². The normalized spacial score (nSPS) is 24.5. The van der Waals surface area contributed by atoms with E-state index in [1.54, 1.807) is 6.92 Å². The van der Waals surface area contributed by atoms with Crippen molar-refractivity contribution in [3.05, 3.63) is 24.4 Å². The summed E-state index contributed by atoms with van der Waals surface area (Å²) in [7, 11) is 0. The van der Waals surface area contributed by atoms with E-state index >= 15 is 0 Å². The maximum atomic E-state index is 11.0. The molecular weight excluding hydrogens is 931 g/mol. The van der Waals surface area contributed by atoms with Crippen LogP contribution < -0.4 is 5.32 Å². The number of allylic oxidation sites excluding steroid dienone is 3. The fourth-order valence-corrected chi connectivity index (χ4v) is 14.4. The van der Waals surface area contributed by atoms with E-state index < -0.39 is 0 Å². The van der Waals surface area contributed by atoms with Crippen molar-refractivity contribution in [2.24, 2.45) is 57.7 Å². The van der Waals surface area contributed by atoms with E-state index in [1.165, 1.54) is 257 Å². The summed E-state index contributed by atoms with van der Waals surface area (Å²) in [6.07, 6.45) is 62.6. The standard InChI is InChI=1S/C29H54.C27H53NO.C10H20.C7H16.C2H6/c1-9-24-25(27(6)17-13-22(4)14-18-27)15-20-29(8)26(24)16-19-28(29,7)23(5)12-10-11-21(2)3;1-5-7-8-9-10-11-12-13-14-17-20-27(6-2)21-18-15-16-19-24-28-25(3)22-23-26(4)29;1-3-5-7-9-10-8-6-4-2;1-3-5-7-6-4-2;1-2/h21-26H,9-20H2,1-8H3;27-28H,3,5-24H2,1-2,4H3;7,9H,3-6,8,10H2,1-2H3;3-7H2,1-2H3;1-2H3/b;;9-7-;;/t22?,23-,24?,25?,26?,27?,28-,29+;;;;/m1..../s1. The fraction of sp³-hybridized carbons (Fsp3) is 0.933. The van der Waals surface area contributed by atoms with Gasteiger partial charge in [0.1, 0.15) is 5.78 Å². The Balaban J connectivity index is 0. The van der Waals surface area contributed by atoms with Crippen LogP contribution in [0.1, 0.15) is 387 Å². The number of unbranched alkanes of at least 4 members (excludes halogenated alkanes) is 20. The van der Waals surface area contributed by atoms with Crippen LogP contribution in [-0.4, -0.2) is 12.3 Å². The summed E-state index contributed by atoms with van der Waals surface area (Å²) in [6, 6.07) is 0. The quantitative estimate of drug-likeness (QED) is 0.0489. The predicted octanol–water partition coefficient (Wildman–Crippen LogP) is 26.2. The Kier molecular flexibility index (Phi) is 51.3. The third-order valence-corrected chi connectivity index (χ3v) is 20.4. The molecule has 2 nitrogen and oxygen atoms in total. The van der Waals surface area contributed by atoms with Crippen LogP contribution in [0.15, 0.2) is 24.4 Å². The number of hydrogen-bond donors (Lipinski definition) is 1. The van der Waals surface area contributed by atoms with Crippen LogP contribution in [0.25, 0.3) is 0 Å². The zero-order valence-corrected chi connectivity index (χ0v) is 56.7. The number of hydrogen-bond acceptors (Lipinski definition) is 2. The molecule has 0 aromatic heterocycles. The van der Waals surface area contributed by atoms with E-state index in [9.17, 15) is 4.79 Å². The summed E-state index contributed by atoms with van der Waals surface area (Å²) in [5, 5.41) is 3.36. The van der Waals surface area contributed by atoms with E-state index in [0.29, 0.717) is 22.7 Å². The summed E-state index contributed by atoms with van der Waals surface area (Å²) in [6.45, 7) is 44.8. The van der Waals surface area contributed by atoms with Gasteiger partial charge in [0.15, 0.2) is 0 Å². The number of ketones is 1. The minimum atomic E-state index is 0.247. The van der Waals surface area contributed by atoms with Gasteiger partial charge in [0.05, 0.1) is 0 Å². The van der Waals surface area contributed by atoms with Crippen molar-refractivity contribution in [3.8, 4) is 0 Å². The predicted molar refractivity (Wildman–Crippen MR) is 353 cm³/mol. The molecule has 3 rings (SSSR count). The number of Topliss-reactive ketones (excluding diaryl/α,β-unsaturated/α-hetero) is 1. The van der Waals surface area contributed by atoms with Crippen LogP contribution in [-0.2, 0) is 4.79 Å². The van der Waals surface area contributed by atoms with E-state index in [1.807, 2.05) is 13.8 Å². The molecule has 3 saturated carbocycles. The Morgan fingerprint density at radius 2 is 1.03 bits per heavy atom. The lowest BCUT2D eigenvalue weighted by Gasteiger charge is -2.58. The SMILES string of the molecule is C=C(CCC(C)=O)NCCCCCCC(CC)CCCCCCCCCCCC.CC.CCC/C=C\CCCCC.CCC1C(C2(C)CCC(C)CC2)CC[C@@]2(C)C1CC[C@]2(C)[C@H](C)CCCC(C)C.CCCCCCC. The molecule has 0 amide bonds. The number of carbonyl (C=O) groups excluding carboxylic acids is 1. The summed E-state index contributed by atoms with van der Waals surface area (Å²) < 4.78 is 0. The average Bonchev–Trinajstić information content (AvgIpc) is 3.70. The second-order valence-electron chi connectivity index (χ2n) is 27.3. The van der Waals surface area contributed by atoms with Crippen LogP contribution in [0, 0.1) is 57.7 Å². The van der Waals surface area contributed by atoms with Gasteiger partial charge in [0.25, 0.3) is 0 Å². The van der Waals surface area contributed by atoms with E-state index in [0.717, 1.165) is 60.1 Å². The number of carbonyl (C=O) groups is 1. The Bertz CT molecular complexity index is 1320. The van der Waals surface area contributed by atoms with Gasteiger partial charge in [0.2, 0.25) is 0 Å². The molecule has 0 aromatic carbocycles. The minimum absolute atomic E-state index is 0.247. The first-order valence-corrected chi connectivity index (χ1v) is 35.6. The maximum absolute atomic E-state index is 11.0. The van der Waals surface area contributed by atoms with Gasteiger partial charge in [-0.15, -0.1) is 0 Å². The molecule has 2 heteroatoms. The molecule has 0 bridgehead atoms. The Morgan fingerprint density at radius 1 is 0.545 bits per heavy atom. The van der Waals surface area contributed by atoms with Crippen molar-refractivity contribution in [1.29, 1.82) is 0 Å². The number of nitrogens with one attached hydrogen (secondary N) is 1. The van der Waals surface area contributed by atoms with Crippen molar-refractivity contribution in [3.63, 3.8) is 0 Å². The van der Waals surface area contributed by atoms with Crippen molar-refractivity contribution >= 4 is 5.78 Å². The Labute approximate surface area is 489 Å². The number of fused-ring (bicyclic) bond motifs is 1. The van der Waals surface area contributed by atoms with Gasteiger partial charge >= 0.3 is 0 Å². The smallest absolute Gasteiger partial charge is 0.130 e. The van der Waals surface area contributed by atoms with Gasteiger partial charge in [0, 0.05) is 18.7 Å². The molecule has 3 aliphatic rings. The third-order valence-electron chi connectivity index (χ3n) is 20.4. The fourth-order valence-electron chi connectivity index (χ4n) is 14.4. The molecule has 460 valence electrons. The molecule has 0 heterocycles. The minimum Gasteiger partial charge on any atom is -0.389 e. The molecule has 1 N–H and O–H groups in total. The topological polar surface area (TPSA) is 29.1 Å². The van der Waals surface area contributed by atoms with Gasteiger partial charge in [-0.2, -0.15) is 0 Å². The maximum Gasteiger partial charge on any atom is 0.130 e. The largest absolute Gasteiger partial charge is 0.389 e. The lowest BCUT2D eigenvalue weighted by molar-refractivity contribution is -0.117. The molecule has 0 saturated heterocycles. The summed E-state index contributed by atoms with van der Waals surface area (Å²) in [5.41, 5.74) is 2.80. The molecule has 3 aliphatic carbocycles. The molecule has 0 aliphatic heterocycles. The molecule has 3 fully saturated rings. The highest BCUT2D eigenvalue weighted by Crippen LogP contribution is 2.70. The summed E-state index contributed by atoms with van der Waals surface area (Å²) in [5.74, 6) is 6.88. The molecule has 0 radical (unpaired) electrons. The zero-order valence-electron chi connectivity index (χ0n) is 56.7. The third kappa shape index (κ3) is 35.5. The molecule has 4 unspecified atom stereocenters. The van der Waals surface area contributed by atoms with Gasteiger partial charge < -0.3 is 10.1 Å². The van der Waals surface area contributed by atoms with Crippen LogP contribution in [0.5, 0.6) is 0 Å². The Hall–Kier alpha value is -1.05. The number of rotatable bonds is 40. The molecule has 7 atom stereocenters. The highest BCUT2D eigenvalue weighted by atomic mass is 16.1. The van der Waals surface area contributed by atoms with Crippen molar-refractivity contribution in [2.45, 2.75) is 387 Å². The second-order valence-corrected chi connectivity index (χ2v) is 27.3. The van der Waals surface area contributed by atoms with Gasteiger partial charge in [-0.3, -0.25) is 0 Å².